The summed E-state index contributed by atoms with van der Waals surface area (Å²) in [4.78, 5) is 0. The minimum Gasteiger partial charge on any atom is -0.228 e. The van der Waals surface area contributed by atoms with Gasteiger partial charge in [0.25, 0.3) is 0 Å². The quantitative estimate of drug-likeness (QED) is 0.166. The Kier molecular flexibility index (Phi) is 7.93. The molecule has 0 unspecified atom stereocenters. The number of sulfone groups is 2. The Balaban J connectivity index is 1.25. The van der Waals surface area contributed by atoms with Gasteiger partial charge in [0.05, 0.1) is 23.0 Å². The molecular formula is C40H32O4S2. The molecule has 0 N–H and O–H groups in total. The minimum absolute atomic E-state index is 0.0298. The van der Waals surface area contributed by atoms with Crippen LogP contribution in [0.15, 0.2) is 146 Å². The third kappa shape index (κ3) is 6.89. The van der Waals surface area contributed by atoms with E-state index in [9.17, 15) is 16.8 Å². The van der Waals surface area contributed by atoms with Gasteiger partial charge in [0, 0.05) is 0 Å². The minimum atomic E-state index is -3.38. The number of hydrogen-bond acceptors (Lipinski definition) is 4. The first-order chi connectivity index (χ1) is 22.2. The van der Waals surface area contributed by atoms with Crippen molar-refractivity contribution in [1.29, 1.82) is 0 Å². The Hall–Kier alpha value is -4.78. The van der Waals surface area contributed by atoms with E-state index in [-0.39, 0.29) is 23.0 Å². The summed E-state index contributed by atoms with van der Waals surface area (Å²) in [6, 6.07) is 47.0. The molecule has 13 rings (SSSR count). The maximum absolute atomic E-state index is 13.2. The second kappa shape index (κ2) is 12.2. The van der Waals surface area contributed by atoms with Gasteiger partial charge in [-0.2, -0.15) is 0 Å². The van der Waals surface area contributed by atoms with Crippen LogP contribution in [0.4, 0.5) is 0 Å². The van der Waals surface area contributed by atoms with Crippen LogP contribution >= 0.6 is 0 Å². The van der Waals surface area contributed by atoms with E-state index in [1.54, 1.807) is 0 Å². The average molecular weight is 641 g/mol. The summed E-state index contributed by atoms with van der Waals surface area (Å²) in [5, 5.41) is 0. The summed E-state index contributed by atoms with van der Waals surface area (Å²) in [6.45, 7) is 0. The van der Waals surface area contributed by atoms with Gasteiger partial charge in [-0.15, -0.1) is 0 Å². The van der Waals surface area contributed by atoms with Crippen molar-refractivity contribution in [3.63, 3.8) is 0 Å². The predicted octanol–water partition coefficient (Wildman–Crippen LogP) is 8.90. The molecule has 0 spiro atoms. The van der Waals surface area contributed by atoms with Crippen LogP contribution in [0.3, 0.4) is 0 Å². The summed E-state index contributed by atoms with van der Waals surface area (Å²) in [6.07, 6.45) is 0. The van der Waals surface area contributed by atoms with E-state index in [1.807, 2.05) is 133 Å². The SMILES string of the molecule is O=S1(=O)Cc2ccc(cc2)-c2cccc(c2)-c2ccc(cc2)CS(=O)(=O)Cc2ccc(cc2)-c2cccc(c2)-c2ccc(cc2)C1. The summed E-state index contributed by atoms with van der Waals surface area (Å²) >= 11 is 0. The molecular weight excluding hydrogens is 609 g/mol. The van der Waals surface area contributed by atoms with Crippen LogP contribution in [0, 0.1) is 0 Å². The zero-order valence-corrected chi connectivity index (χ0v) is 26.8. The normalized spacial score (nSPS) is 15.3. The molecule has 0 aromatic heterocycles. The molecule has 12 bridgehead atoms. The predicted molar refractivity (Wildman–Crippen MR) is 187 cm³/mol. The highest BCUT2D eigenvalue weighted by Gasteiger charge is 2.16. The van der Waals surface area contributed by atoms with E-state index in [2.05, 4.69) is 12.1 Å². The molecule has 6 aromatic carbocycles. The monoisotopic (exact) mass is 640 g/mol. The summed E-state index contributed by atoms with van der Waals surface area (Å²) in [7, 11) is -6.76. The maximum atomic E-state index is 13.2. The van der Waals surface area contributed by atoms with Gasteiger partial charge in [-0.3, -0.25) is 0 Å². The third-order valence-corrected chi connectivity index (χ3v) is 11.5. The van der Waals surface area contributed by atoms with Crippen molar-refractivity contribution in [3.05, 3.63) is 168 Å². The fraction of sp³-hybridized carbons (Fsp3) is 0.100. The molecule has 0 radical (unpaired) electrons. The van der Waals surface area contributed by atoms with Crippen LogP contribution in [-0.4, -0.2) is 16.8 Å². The molecule has 7 aliphatic heterocycles. The van der Waals surface area contributed by atoms with E-state index in [0.717, 1.165) is 66.8 Å². The first-order valence-electron chi connectivity index (χ1n) is 15.2. The summed E-state index contributed by atoms with van der Waals surface area (Å²) in [5.74, 6) is -0.119. The lowest BCUT2D eigenvalue weighted by molar-refractivity contribution is 0.592. The highest BCUT2D eigenvalue weighted by Crippen LogP contribution is 2.30. The summed E-state index contributed by atoms with van der Waals surface area (Å²) < 4.78 is 52.6. The number of rotatable bonds is 0. The van der Waals surface area contributed by atoms with E-state index < -0.39 is 19.7 Å². The van der Waals surface area contributed by atoms with Crippen molar-refractivity contribution < 1.29 is 16.8 Å². The molecule has 7 heterocycles. The Labute approximate surface area is 270 Å². The Morgan fingerprint density at radius 3 is 0.717 bits per heavy atom. The van der Waals surface area contributed by atoms with Gasteiger partial charge < -0.3 is 0 Å². The molecule has 0 fully saturated rings. The molecule has 0 amide bonds. The molecule has 0 aliphatic carbocycles. The van der Waals surface area contributed by atoms with Crippen molar-refractivity contribution >= 4 is 19.7 Å². The number of benzene rings is 6. The lowest BCUT2D eigenvalue weighted by atomic mass is 9.98. The van der Waals surface area contributed by atoms with Crippen LogP contribution in [-0.2, 0) is 42.7 Å². The molecule has 0 saturated heterocycles. The Morgan fingerprint density at radius 2 is 0.500 bits per heavy atom. The maximum Gasteiger partial charge on any atom is 0.158 e. The molecule has 0 atom stereocenters. The van der Waals surface area contributed by atoms with Crippen molar-refractivity contribution in [1.82, 2.24) is 0 Å². The fourth-order valence-corrected chi connectivity index (χ4v) is 9.05. The van der Waals surface area contributed by atoms with Gasteiger partial charge in [0.1, 0.15) is 0 Å². The van der Waals surface area contributed by atoms with Crippen molar-refractivity contribution in [2.45, 2.75) is 23.0 Å². The van der Waals surface area contributed by atoms with Gasteiger partial charge in [0.15, 0.2) is 19.7 Å². The third-order valence-electron chi connectivity index (χ3n) is 8.42. The first-order valence-corrected chi connectivity index (χ1v) is 18.8. The zero-order valence-electron chi connectivity index (χ0n) is 25.1. The van der Waals surface area contributed by atoms with E-state index in [1.165, 1.54) is 0 Å². The molecule has 46 heavy (non-hydrogen) atoms. The molecule has 4 nitrogen and oxygen atoms in total. The lowest BCUT2D eigenvalue weighted by Crippen LogP contribution is -2.07. The lowest BCUT2D eigenvalue weighted by Gasteiger charge is -2.11. The largest absolute Gasteiger partial charge is 0.228 e. The Bertz CT molecular complexity index is 1930. The highest BCUT2D eigenvalue weighted by molar-refractivity contribution is 7.90. The zero-order chi connectivity index (χ0) is 31.7. The fourth-order valence-electron chi connectivity index (χ4n) is 6.05. The van der Waals surface area contributed by atoms with E-state index in [4.69, 9.17) is 0 Å². The van der Waals surface area contributed by atoms with Gasteiger partial charge in [-0.05, 0) is 78.9 Å². The standard InChI is InChI=1S/C40H32O4S2/c41-45(42)25-29-7-15-33(16-8-29)37-3-1-4-38(23-37)34-17-9-30(10-18-34)26-46(43,44)28-32-13-21-36(22-14-32)40-6-2-5-39(24-40)35-19-11-31(27-45)12-20-35/h1-24H,25-28H2. The van der Waals surface area contributed by atoms with Crippen LogP contribution < -0.4 is 0 Å². The number of hydrogen-bond donors (Lipinski definition) is 0. The highest BCUT2D eigenvalue weighted by atomic mass is 32.2. The van der Waals surface area contributed by atoms with Gasteiger partial charge in [-0.25, -0.2) is 16.8 Å². The van der Waals surface area contributed by atoms with Crippen LogP contribution in [0.2, 0.25) is 0 Å². The Morgan fingerprint density at radius 1 is 0.283 bits per heavy atom. The first kappa shape index (κ1) is 29.9. The van der Waals surface area contributed by atoms with E-state index in [0.29, 0.717) is 0 Å². The molecule has 7 aliphatic rings. The topological polar surface area (TPSA) is 68.3 Å². The van der Waals surface area contributed by atoms with Crippen molar-refractivity contribution in [3.8, 4) is 44.5 Å². The average Bonchev–Trinajstić information content (AvgIpc) is 3.05. The second-order valence-electron chi connectivity index (χ2n) is 12.0. The van der Waals surface area contributed by atoms with Crippen molar-refractivity contribution in [2.75, 3.05) is 0 Å². The molecule has 6 heteroatoms. The van der Waals surface area contributed by atoms with Crippen molar-refractivity contribution in [2.24, 2.45) is 0 Å². The van der Waals surface area contributed by atoms with Crippen LogP contribution in [0.5, 0.6) is 0 Å². The van der Waals surface area contributed by atoms with Gasteiger partial charge >= 0.3 is 0 Å². The molecule has 6 aromatic rings. The smallest absolute Gasteiger partial charge is 0.158 e. The van der Waals surface area contributed by atoms with Gasteiger partial charge in [0.2, 0.25) is 0 Å². The molecule has 0 saturated carbocycles. The van der Waals surface area contributed by atoms with E-state index >= 15 is 0 Å². The molecule has 228 valence electrons. The second-order valence-corrected chi connectivity index (χ2v) is 16.1. The summed E-state index contributed by atoms with van der Waals surface area (Å²) in [5.41, 5.74) is 11.0. The van der Waals surface area contributed by atoms with Gasteiger partial charge in [-0.1, -0.05) is 133 Å². The van der Waals surface area contributed by atoms with Crippen LogP contribution in [0.1, 0.15) is 22.3 Å². The van der Waals surface area contributed by atoms with Crippen LogP contribution in [0.25, 0.3) is 44.5 Å².